The summed E-state index contributed by atoms with van der Waals surface area (Å²) in [6.45, 7) is 2.50. The predicted octanol–water partition coefficient (Wildman–Crippen LogP) is 2.62. The maximum Gasteiger partial charge on any atom is 0.225 e. The van der Waals surface area contributed by atoms with Crippen LogP contribution in [0.3, 0.4) is 0 Å². The predicted molar refractivity (Wildman–Crippen MR) is 89.8 cm³/mol. The molecule has 1 aromatic rings. The van der Waals surface area contributed by atoms with E-state index >= 15 is 0 Å². The zero-order chi connectivity index (χ0) is 16.9. The Labute approximate surface area is 142 Å². The Hall–Kier alpha value is -1.91. The average molecular weight is 332 g/mol. The molecule has 1 saturated heterocycles. The second-order valence-corrected chi connectivity index (χ2v) is 6.82. The Morgan fingerprint density at radius 2 is 1.71 bits per heavy atom. The van der Waals surface area contributed by atoms with Crippen molar-refractivity contribution in [3.63, 3.8) is 0 Å². The molecule has 130 valence electrons. The molecular weight excluding hydrogens is 307 g/mol. The van der Waals surface area contributed by atoms with Crippen molar-refractivity contribution in [2.45, 2.75) is 38.5 Å². The van der Waals surface area contributed by atoms with Crippen LogP contribution in [-0.4, -0.2) is 47.8 Å². The van der Waals surface area contributed by atoms with Gasteiger partial charge in [0.1, 0.15) is 5.82 Å². The summed E-state index contributed by atoms with van der Waals surface area (Å²) >= 11 is 0. The molecule has 0 bridgehead atoms. The average Bonchev–Trinajstić information content (AvgIpc) is 3.14. The summed E-state index contributed by atoms with van der Waals surface area (Å²) in [5, 5.41) is 0. The highest BCUT2D eigenvalue weighted by Gasteiger charge is 2.30. The molecule has 1 heterocycles. The molecule has 3 rings (SSSR count). The fraction of sp³-hybridized carbons (Fsp3) is 0.579. The lowest BCUT2D eigenvalue weighted by atomic mass is 10.1. The van der Waals surface area contributed by atoms with Gasteiger partial charge < -0.3 is 9.80 Å². The van der Waals surface area contributed by atoms with Gasteiger partial charge in [-0.2, -0.15) is 0 Å². The van der Waals surface area contributed by atoms with E-state index in [2.05, 4.69) is 0 Å². The van der Waals surface area contributed by atoms with E-state index in [1.165, 1.54) is 12.1 Å². The summed E-state index contributed by atoms with van der Waals surface area (Å²) in [7, 11) is 0. The summed E-state index contributed by atoms with van der Waals surface area (Å²) in [4.78, 5) is 28.5. The molecule has 0 N–H and O–H groups in total. The highest BCUT2D eigenvalue weighted by atomic mass is 19.1. The monoisotopic (exact) mass is 332 g/mol. The first kappa shape index (κ1) is 16.9. The van der Waals surface area contributed by atoms with Gasteiger partial charge in [-0.3, -0.25) is 9.59 Å². The highest BCUT2D eigenvalue weighted by molar-refractivity contribution is 5.80. The van der Waals surface area contributed by atoms with Gasteiger partial charge in [0.15, 0.2) is 0 Å². The van der Waals surface area contributed by atoms with Crippen LogP contribution in [0, 0.1) is 11.7 Å². The minimum Gasteiger partial charge on any atom is -0.339 e. The molecule has 2 aliphatic rings. The van der Waals surface area contributed by atoms with E-state index in [1.54, 1.807) is 6.07 Å². The zero-order valence-electron chi connectivity index (χ0n) is 14.0. The molecular formula is C19H25FN2O2. The van der Waals surface area contributed by atoms with Crippen molar-refractivity contribution in [3.05, 3.63) is 35.6 Å². The Morgan fingerprint density at radius 3 is 2.38 bits per heavy atom. The molecule has 4 nitrogen and oxygen atoms in total. The molecule has 0 radical (unpaired) electrons. The third-order valence-electron chi connectivity index (χ3n) is 5.17. The molecule has 1 saturated carbocycles. The van der Waals surface area contributed by atoms with Gasteiger partial charge in [-0.25, -0.2) is 4.39 Å². The SMILES string of the molecule is O=C(CCc1cccc(F)c1)N1CCN(C(=O)C2CCCC2)CC1. The van der Waals surface area contributed by atoms with Gasteiger partial charge >= 0.3 is 0 Å². The van der Waals surface area contributed by atoms with E-state index in [4.69, 9.17) is 0 Å². The second kappa shape index (κ2) is 7.77. The zero-order valence-corrected chi connectivity index (χ0v) is 14.0. The van der Waals surface area contributed by atoms with Crippen LogP contribution < -0.4 is 0 Å². The van der Waals surface area contributed by atoms with Crippen molar-refractivity contribution in [1.29, 1.82) is 0 Å². The number of piperazine rings is 1. The van der Waals surface area contributed by atoms with E-state index in [9.17, 15) is 14.0 Å². The number of hydrogen-bond donors (Lipinski definition) is 0. The molecule has 1 aliphatic carbocycles. The van der Waals surface area contributed by atoms with Crippen molar-refractivity contribution in [3.8, 4) is 0 Å². The third kappa shape index (κ3) is 4.13. The van der Waals surface area contributed by atoms with Gasteiger partial charge in [0.2, 0.25) is 11.8 Å². The summed E-state index contributed by atoms with van der Waals surface area (Å²) in [5.41, 5.74) is 0.846. The lowest BCUT2D eigenvalue weighted by molar-refractivity contribution is -0.142. The van der Waals surface area contributed by atoms with Crippen molar-refractivity contribution in [1.82, 2.24) is 9.80 Å². The summed E-state index contributed by atoms with van der Waals surface area (Å²) in [6, 6.07) is 6.40. The molecule has 1 aromatic carbocycles. The largest absolute Gasteiger partial charge is 0.339 e. The van der Waals surface area contributed by atoms with Crippen LogP contribution >= 0.6 is 0 Å². The number of hydrogen-bond acceptors (Lipinski definition) is 2. The minimum absolute atomic E-state index is 0.0900. The second-order valence-electron chi connectivity index (χ2n) is 6.82. The fourth-order valence-electron chi connectivity index (χ4n) is 3.71. The number of amides is 2. The first-order valence-corrected chi connectivity index (χ1v) is 8.94. The molecule has 2 fully saturated rings. The van der Waals surface area contributed by atoms with Gasteiger partial charge in [0, 0.05) is 38.5 Å². The van der Waals surface area contributed by atoms with Crippen molar-refractivity contribution in [2.75, 3.05) is 26.2 Å². The van der Waals surface area contributed by atoms with Crippen LogP contribution in [0.4, 0.5) is 4.39 Å². The van der Waals surface area contributed by atoms with E-state index in [-0.39, 0.29) is 23.5 Å². The number of rotatable bonds is 4. The smallest absolute Gasteiger partial charge is 0.225 e. The normalized spacial score (nSPS) is 18.9. The molecule has 5 heteroatoms. The number of benzene rings is 1. The molecule has 0 spiro atoms. The lowest BCUT2D eigenvalue weighted by Crippen LogP contribution is -2.51. The van der Waals surface area contributed by atoms with Crippen LogP contribution in [0.15, 0.2) is 24.3 Å². The quantitative estimate of drug-likeness (QED) is 0.850. The Morgan fingerprint density at radius 1 is 1.04 bits per heavy atom. The van der Waals surface area contributed by atoms with Crippen molar-refractivity contribution >= 4 is 11.8 Å². The van der Waals surface area contributed by atoms with Gasteiger partial charge in [-0.05, 0) is 37.0 Å². The van der Waals surface area contributed by atoms with E-state index < -0.39 is 0 Å². The Bertz CT molecular complexity index is 591. The summed E-state index contributed by atoms with van der Waals surface area (Å²) < 4.78 is 13.2. The van der Waals surface area contributed by atoms with Crippen LogP contribution in [0.25, 0.3) is 0 Å². The topological polar surface area (TPSA) is 40.6 Å². The number of halogens is 1. The number of nitrogens with zero attached hydrogens (tertiary/aromatic N) is 2. The number of aryl methyl sites for hydroxylation is 1. The maximum atomic E-state index is 13.2. The first-order valence-electron chi connectivity index (χ1n) is 8.94. The van der Waals surface area contributed by atoms with Crippen LogP contribution in [0.2, 0.25) is 0 Å². The number of carbonyl (C=O) groups is 2. The molecule has 0 aromatic heterocycles. The molecule has 1 aliphatic heterocycles. The minimum atomic E-state index is -0.265. The Balaban J connectivity index is 1.44. The van der Waals surface area contributed by atoms with Gasteiger partial charge in [-0.15, -0.1) is 0 Å². The summed E-state index contributed by atoms with van der Waals surface area (Å²) in [5.74, 6) is 0.311. The Kier molecular flexibility index (Phi) is 5.48. The van der Waals surface area contributed by atoms with Crippen LogP contribution in [0.1, 0.15) is 37.7 Å². The lowest BCUT2D eigenvalue weighted by Gasteiger charge is -2.36. The summed E-state index contributed by atoms with van der Waals surface area (Å²) in [6.07, 6.45) is 5.30. The molecule has 2 amide bonds. The van der Waals surface area contributed by atoms with Crippen molar-refractivity contribution in [2.24, 2.45) is 5.92 Å². The highest BCUT2D eigenvalue weighted by Crippen LogP contribution is 2.27. The van der Waals surface area contributed by atoms with Crippen LogP contribution in [-0.2, 0) is 16.0 Å². The van der Waals surface area contributed by atoms with Crippen LogP contribution in [0.5, 0.6) is 0 Å². The van der Waals surface area contributed by atoms with Crippen molar-refractivity contribution < 1.29 is 14.0 Å². The van der Waals surface area contributed by atoms with E-state index in [0.29, 0.717) is 39.0 Å². The van der Waals surface area contributed by atoms with Gasteiger partial charge in [0.25, 0.3) is 0 Å². The molecule has 0 unspecified atom stereocenters. The third-order valence-corrected chi connectivity index (χ3v) is 5.17. The molecule has 24 heavy (non-hydrogen) atoms. The van der Waals surface area contributed by atoms with E-state index in [0.717, 1.165) is 31.2 Å². The first-order chi connectivity index (χ1) is 11.6. The fourth-order valence-corrected chi connectivity index (χ4v) is 3.71. The molecule has 0 atom stereocenters. The standard InChI is InChI=1S/C19H25FN2O2/c20-17-7-3-4-15(14-17)8-9-18(23)21-10-12-22(13-11-21)19(24)16-5-1-2-6-16/h3-4,7,14,16H,1-2,5-6,8-13H2. The maximum absolute atomic E-state index is 13.2. The van der Waals surface area contributed by atoms with Gasteiger partial charge in [0.05, 0.1) is 0 Å². The van der Waals surface area contributed by atoms with Gasteiger partial charge in [-0.1, -0.05) is 25.0 Å². The van der Waals surface area contributed by atoms with E-state index in [1.807, 2.05) is 15.9 Å². The number of carbonyl (C=O) groups excluding carboxylic acids is 2.